The van der Waals surface area contributed by atoms with Gasteiger partial charge in [-0.2, -0.15) is 4.98 Å². The molecule has 33 heavy (non-hydrogen) atoms. The third-order valence-electron chi connectivity index (χ3n) is 5.71. The normalized spacial score (nSPS) is 17.4. The highest BCUT2D eigenvalue weighted by atomic mass is 35.5. The molecule has 0 radical (unpaired) electrons. The maximum Gasteiger partial charge on any atom is 0.227 e. The van der Waals surface area contributed by atoms with E-state index in [0.717, 1.165) is 46.7 Å². The molecule has 2 aromatic carbocycles. The zero-order valence-corrected chi connectivity index (χ0v) is 20.3. The summed E-state index contributed by atoms with van der Waals surface area (Å²) < 4.78 is 7.77. The monoisotopic (exact) mass is 500 g/mol. The van der Waals surface area contributed by atoms with E-state index >= 15 is 0 Å². The molecule has 0 fully saturated rings. The fraction of sp³-hybridized carbons (Fsp3) is 0.292. The van der Waals surface area contributed by atoms with Gasteiger partial charge >= 0.3 is 0 Å². The lowest BCUT2D eigenvalue weighted by molar-refractivity contribution is -0.116. The van der Waals surface area contributed by atoms with Crippen LogP contribution in [-0.2, 0) is 11.4 Å². The van der Waals surface area contributed by atoms with Crippen molar-refractivity contribution in [2.24, 2.45) is 0 Å². The fourth-order valence-corrected chi connectivity index (χ4v) is 5.05. The van der Waals surface area contributed by atoms with Crippen molar-refractivity contribution in [3.05, 3.63) is 74.9 Å². The number of rotatable bonds is 6. The Bertz CT molecular complexity index is 1240. The van der Waals surface area contributed by atoms with Crippen molar-refractivity contribution in [2.45, 2.75) is 44.0 Å². The Hall–Kier alpha value is -2.48. The lowest BCUT2D eigenvalue weighted by Gasteiger charge is -2.32. The molecule has 0 bridgehead atoms. The summed E-state index contributed by atoms with van der Waals surface area (Å²) in [5.74, 6) is 2.46. The highest BCUT2D eigenvalue weighted by Gasteiger charge is 2.36. The average molecular weight is 501 g/mol. The van der Waals surface area contributed by atoms with E-state index in [4.69, 9.17) is 33.0 Å². The number of fused-ring (bicyclic) bond motifs is 1. The highest BCUT2D eigenvalue weighted by Crippen LogP contribution is 2.40. The summed E-state index contributed by atoms with van der Waals surface area (Å²) in [7, 11) is 0. The lowest BCUT2D eigenvalue weighted by Crippen LogP contribution is -2.31. The second kappa shape index (κ2) is 9.41. The standard InChI is InChI=1S/C24H22Cl2N4O2S/c1-2-33-24-28-23-27-19-4-3-5-20(31)21(19)22(30(23)29-24)15-7-9-16(10-8-15)32-13-14-6-11-17(25)18(26)12-14/h6-12,22H,2-5,13H2,1H3,(H,27,28,29). The van der Waals surface area contributed by atoms with Crippen LogP contribution < -0.4 is 10.1 Å². The van der Waals surface area contributed by atoms with Gasteiger partial charge in [0.15, 0.2) is 5.78 Å². The van der Waals surface area contributed by atoms with Crippen LogP contribution >= 0.6 is 35.0 Å². The van der Waals surface area contributed by atoms with Gasteiger partial charge in [-0.1, -0.05) is 60.1 Å². The number of carbonyl (C=O) groups excluding carboxylic acids is 1. The molecule has 170 valence electrons. The van der Waals surface area contributed by atoms with Gasteiger partial charge in [0, 0.05) is 17.7 Å². The molecule has 1 atom stereocenters. The number of carbonyl (C=O) groups is 1. The number of thioether (sulfide) groups is 1. The summed E-state index contributed by atoms with van der Waals surface area (Å²) in [6.07, 6.45) is 2.25. The molecule has 6 nitrogen and oxygen atoms in total. The Morgan fingerprint density at radius 1 is 1.15 bits per heavy atom. The highest BCUT2D eigenvalue weighted by molar-refractivity contribution is 7.99. The summed E-state index contributed by atoms with van der Waals surface area (Å²) in [5.41, 5.74) is 3.66. The molecule has 2 heterocycles. The summed E-state index contributed by atoms with van der Waals surface area (Å²) >= 11 is 13.7. The number of ether oxygens (including phenoxy) is 1. The minimum Gasteiger partial charge on any atom is -0.489 e. The van der Waals surface area contributed by atoms with Crippen molar-refractivity contribution in [1.82, 2.24) is 14.8 Å². The maximum atomic E-state index is 12.9. The number of hydrogen-bond donors (Lipinski definition) is 1. The second-order valence-electron chi connectivity index (χ2n) is 7.90. The molecule has 1 unspecified atom stereocenters. The Morgan fingerprint density at radius 3 is 2.73 bits per heavy atom. The van der Waals surface area contributed by atoms with Crippen molar-refractivity contribution in [3.63, 3.8) is 0 Å². The molecular formula is C24H22Cl2N4O2S. The molecule has 2 aliphatic rings. The van der Waals surface area contributed by atoms with Gasteiger partial charge in [-0.15, -0.1) is 5.10 Å². The number of hydrogen-bond acceptors (Lipinski definition) is 6. The van der Waals surface area contributed by atoms with Crippen LogP contribution in [0.2, 0.25) is 10.0 Å². The molecule has 9 heteroatoms. The molecule has 0 saturated heterocycles. The second-order valence-corrected chi connectivity index (χ2v) is 9.94. The van der Waals surface area contributed by atoms with Crippen LogP contribution in [0, 0.1) is 0 Å². The van der Waals surface area contributed by atoms with Crippen LogP contribution in [-0.4, -0.2) is 26.3 Å². The maximum absolute atomic E-state index is 12.9. The van der Waals surface area contributed by atoms with Gasteiger partial charge in [0.2, 0.25) is 11.1 Å². The molecular weight excluding hydrogens is 479 g/mol. The largest absolute Gasteiger partial charge is 0.489 e. The number of allylic oxidation sites excluding steroid dienone is 2. The van der Waals surface area contributed by atoms with Gasteiger partial charge < -0.3 is 10.1 Å². The van der Waals surface area contributed by atoms with Gasteiger partial charge in [0.25, 0.3) is 0 Å². The van der Waals surface area contributed by atoms with Gasteiger partial charge in [-0.05, 0) is 54.0 Å². The van der Waals surface area contributed by atoms with Crippen molar-refractivity contribution >= 4 is 46.7 Å². The number of nitrogens with zero attached hydrogens (tertiary/aromatic N) is 3. The number of benzene rings is 2. The van der Waals surface area contributed by atoms with Crippen molar-refractivity contribution in [1.29, 1.82) is 0 Å². The van der Waals surface area contributed by atoms with Gasteiger partial charge in [-0.3, -0.25) is 4.79 Å². The van der Waals surface area contributed by atoms with Gasteiger partial charge in [-0.25, -0.2) is 4.68 Å². The van der Waals surface area contributed by atoms with E-state index in [0.29, 0.717) is 34.2 Å². The number of anilines is 1. The van der Waals surface area contributed by atoms with E-state index in [9.17, 15) is 4.79 Å². The summed E-state index contributed by atoms with van der Waals surface area (Å²) in [6, 6.07) is 13.0. The Labute approximate surface area is 206 Å². The Morgan fingerprint density at radius 2 is 1.97 bits per heavy atom. The van der Waals surface area contributed by atoms with Crippen LogP contribution in [0.4, 0.5) is 5.95 Å². The number of aromatic nitrogens is 3. The van der Waals surface area contributed by atoms with Crippen LogP contribution in [0.5, 0.6) is 5.75 Å². The van der Waals surface area contributed by atoms with Crippen LogP contribution in [0.25, 0.3) is 0 Å². The molecule has 5 rings (SSSR count). The van der Waals surface area contributed by atoms with E-state index < -0.39 is 0 Å². The molecule has 1 aliphatic heterocycles. The van der Waals surface area contributed by atoms with Crippen molar-refractivity contribution in [3.8, 4) is 5.75 Å². The van der Waals surface area contributed by atoms with Crippen LogP contribution in [0.1, 0.15) is 43.4 Å². The van der Waals surface area contributed by atoms with E-state index in [1.165, 1.54) is 0 Å². The fourth-order valence-electron chi connectivity index (χ4n) is 4.18. The Balaban J connectivity index is 1.42. The van der Waals surface area contributed by atoms with E-state index in [1.54, 1.807) is 23.9 Å². The zero-order valence-electron chi connectivity index (χ0n) is 18.0. The molecule has 0 amide bonds. The number of Topliss-reactive ketones (excluding diaryl/α,β-unsaturated/α-hetero) is 1. The molecule has 1 aromatic heterocycles. The first-order valence-corrected chi connectivity index (χ1v) is 12.6. The average Bonchev–Trinajstić information content (AvgIpc) is 3.21. The smallest absolute Gasteiger partial charge is 0.227 e. The number of ketones is 1. The molecule has 0 saturated carbocycles. The summed E-state index contributed by atoms with van der Waals surface area (Å²) in [4.78, 5) is 17.6. The Kier molecular flexibility index (Phi) is 6.36. The van der Waals surface area contributed by atoms with Gasteiger partial charge in [0.05, 0.1) is 10.0 Å². The van der Waals surface area contributed by atoms with Crippen LogP contribution in [0.3, 0.4) is 0 Å². The number of halogens is 2. The zero-order chi connectivity index (χ0) is 22.9. The SMILES string of the molecule is CCSc1nc2n(n1)C(c1ccc(OCc3ccc(Cl)c(Cl)c3)cc1)C1=C(CCCC1=O)N2. The first-order valence-electron chi connectivity index (χ1n) is 10.8. The first-order chi connectivity index (χ1) is 16.0. The minimum atomic E-state index is -0.299. The first kappa shape index (κ1) is 22.3. The van der Waals surface area contributed by atoms with E-state index in [1.807, 2.05) is 35.0 Å². The summed E-state index contributed by atoms with van der Waals surface area (Å²) in [6.45, 7) is 2.45. The van der Waals surface area contributed by atoms with Crippen molar-refractivity contribution in [2.75, 3.05) is 11.1 Å². The molecule has 1 aliphatic carbocycles. The van der Waals surface area contributed by atoms with Crippen molar-refractivity contribution < 1.29 is 9.53 Å². The molecule has 3 aromatic rings. The topological polar surface area (TPSA) is 69.0 Å². The van der Waals surface area contributed by atoms with E-state index in [-0.39, 0.29) is 11.8 Å². The third-order valence-corrected chi connectivity index (χ3v) is 7.17. The van der Waals surface area contributed by atoms with E-state index in [2.05, 4.69) is 17.2 Å². The minimum absolute atomic E-state index is 0.166. The van der Waals surface area contributed by atoms with Gasteiger partial charge in [0.1, 0.15) is 18.4 Å². The lowest BCUT2D eigenvalue weighted by atomic mass is 9.85. The third kappa shape index (κ3) is 4.50. The molecule has 1 N–H and O–H groups in total. The predicted molar refractivity (Wildman–Crippen MR) is 131 cm³/mol. The number of nitrogens with one attached hydrogen (secondary N) is 1. The molecule has 0 spiro atoms. The van der Waals surface area contributed by atoms with Crippen LogP contribution in [0.15, 0.2) is 58.9 Å². The predicted octanol–water partition coefficient (Wildman–Crippen LogP) is 6.30. The summed E-state index contributed by atoms with van der Waals surface area (Å²) in [5, 5.41) is 9.79. The quantitative estimate of drug-likeness (QED) is 0.400.